The van der Waals surface area contributed by atoms with Crippen molar-refractivity contribution in [2.45, 2.75) is 13.8 Å². The molecule has 1 aromatic rings. The molecule has 0 unspecified atom stereocenters. The smallest absolute Gasteiger partial charge is 0.322 e. The molecule has 0 saturated carbocycles. The van der Waals surface area contributed by atoms with Gasteiger partial charge in [-0.1, -0.05) is 13.8 Å². The first kappa shape index (κ1) is 14.3. The second-order valence-electron chi connectivity index (χ2n) is 5.07. The van der Waals surface area contributed by atoms with Crippen LogP contribution in [0.2, 0.25) is 5.28 Å². The molecule has 1 saturated heterocycles. The van der Waals surface area contributed by atoms with Gasteiger partial charge in [0.25, 0.3) is 0 Å². The molecule has 0 bridgehead atoms. The van der Waals surface area contributed by atoms with Gasteiger partial charge in [-0.05, 0) is 17.5 Å². The second kappa shape index (κ2) is 6.34. The molecule has 0 N–H and O–H groups in total. The minimum absolute atomic E-state index is 0.173. The molecule has 1 fully saturated rings. The summed E-state index contributed by atoms with van der Waals surface area (Å²) in [6.45, 7) is 9.45. The summed E-state index contributed by atoms with van der Waals surface area (Å²) in [7, 11) is 1.52. The SMILES string of the molecule is COc1nc(Cl)nc(N2CCN(CC(C)C)CC2)n1. The Morgan fingerprint density at radius 2 is 1.84 bits per heavy atom. The van der Waals surface area contributed by atoms with Crippen LogP contribution < -0.4 is 9.64 Å². The van der Waals surface area contributed by atoms with Gasteiger partial charge in [-0.2, -0.15) is 15.0 Å². The Bertz CT molecular complexity index is 421. The van der Waals surface area contributed by atoms with Crippen LogP contribution in [0.4, 0.5) is 5.95 Å². The average Bonchev–Trinajstić information content (AvgIpc) is 2.38. The summed E-state index contributed by atoms with van der Waals surface area (Å²) in [5.74, 6) is 1.29. The Labute approximate surface area is 118 Å². The van der Waals surface area contributed by atoms with Crippen LogP contribution >= 0.6 is 11.6 Å². The highest BCUT2D eigenvalue weighted by Crippen LogP contribution is 2.16. The minimum atomic E-state index is 0.173. The van der Waals surface area contributed by atoms with E-state index in [0.717, 1.165) is 32.7 Å². The number of ether oxygens (including phenoxy) is 1. The first-order valence-electron chi connectivity index (χ1n) is 6.51. The lowest BCUT2D eigenvalue weighted by Crippen LogP contribution is -2.48. The van der Waals surface area contributed by atoms with E-state index in [9.17, 15) is 0 Å². The van der Waals surface area contributed by atoms with E-state index in [1.54, 1.807) is 0 Å². The molecule has 0 amide bonds. The third kappa shape index (κ3) is 3.91. The van der Waals surface area contributed by atoms with Gasteiger partial charge >= 0.3 is 6.01 Å². The molecule has 7 heteroatoms. The molecule has 19 heavy (non-hydrogen) atoms. The van der Waals surface area contributed by atoms with Gasteiger partial charge in [-0.15, -0.1) is 0 Å². The van der Waals surface area contributed by atoms with Crippen molar-refractivity contribution >= 4 is 17.5 Å². The third-order valence-electron chi connectivity index (χ3n) is 3.04. The summed E-state index contributed by atoms with van der Waals surface area (Å²) in [4.78, 5) is 16.9. The van der Waals surface area contributed by atoms with Crippen molar-refractivity contribution in [3.63, 3.8) is 0 Å². The van der Waals surface area contributed by atoms with Gasteiger partial charge in [-0.3, -0.25) is 4.90 Å². The molecule has 106 valence electrons. The van der Waals surface area contributed by atoms with Crippen LogP contribution in [0, 0.1) is 5.92 Å². The predicted molar refractivity (Wildman–Crippen MR) is 74.9 cm³/mol. The molecule has 0 spiro atoms. The fraction of sp³-hybridized carbons (Fsp3) is 0.750. The number of rotatable bonds is 4. The van der Waals surface area contributed by atoms with Crippen molar-refractivity contribution in [2.75, 3.05) is 44.7 Å². The number of methoxy groups -OCH3 is 1. The van der Waals surface area contributed by atoms with Gasteiger partial charge in [0.15, 0.2) is 0 Å². The lowest BCUT2D eigenvalue weighted by Gasteiger charge is -2.35. The molecule has 2 heterocycles. The Balaban J connectivity index is 1.99. The Morgan fingerprint density at radius 1 is 1.16 bits per heavy atom. The normalized spacial score (nSPS) is 17.0. The zero-order valence-electron chi connectivity index (χ0n) is 11.6. The van der Waals surface area contributed by atoms with Crippen molar-refractivity contribution < 1.29 is 4.74 Å². The van der Waals surface area contributed by atoms with E-state index in [0.29, 0.717) is 11.9 Å². The number of anilines is 1. The van der Waals surface area contributed by atoms with Crippen molar-refractivity contribution in [3.05, 3.63) is 5.28 Å². The van der Waals surface area contributed by atoms with E-state index < -0.39 is 0 Å². The van der Waals surface area contributed by atoms with E-state index in [4.69, 9.17) is 16.3 Å². The first-order chi connectivity index (χ1) is 9.08. The van der Waals surface area contributed by atoms with Crippen LogP contribution in [0.5, 0.6) is 6.01 Å². The van der Waals surface area contributed by atoms with Crippen molar-refractivity contribution in [2.24, 2.45) is 5.92 Å². The maximum absolute atomic E-state index is 5.87. The van der Waals surface area contributed by atoms with Crippen LogP contribution in [-0.4, -0.2) is 59.7 Å². The molecular weight excluding hydrogens is 266 g/mol. The van der Waals surface area contributed by atoms with Crippen molar-refractivity contribution in [1.82, 2.24) is 19.9 Å². The summed E-state index contributed by atoms with van der Waals surface area (Å²) in [6.07, 6.45) is 0. The summed E-state index contributed by atoms with van der Waals surface area (Å²) in [5.41, 5.74) is 0. The van der Waals surface area contributed by atoms with Crippen LogP contribution in [0.15, 0.2) is 0 Å². The summed E-state index contributed by atoms with van der Waals surface area (Å²) >= 11 is 5.87. The number of aromatic nitrogens is 3. The van der Waals surface area contributed by atoms with E-state index >= 15 is 0 Å². The monoisotopic (exact) mass is 285 g/mol. The van der Waals surface area contributed by atoms with Crippen LogP contribution in [0.25, 0.3) is 0 Å². The van der Waals surface area contributed by atoms with Crippen LogP contribution in [-0.2, 0) is 0 Å². The Morgan fingerprint density at radius 3 is 2.42 bits per heavy atom. The maximum atomic E-state index is 5.87. The molecule has 6 nitrogen and oxygen atoms in total. The fourth-order valence-electron chi connectivity index (χ4n) is 2.20. The molecule has 0 radical (unpaired) electrons. The first-order valence-corrected chi connectivity index (χ1v) is 6.89. The number of hydrogen-bond donors (Lipinski definition) is 0. The molecule has 0 atom stereocenters. The molecule has 0 aliphatic carbocycles. The van der Waals surface area contributed by atoms with Gasteiger partial charge in [0.2, 0.25) is 11.2 Å². The largest absolute Gasteiger partial charge is 0.467 e. The Hall–Kier alpha value is -1.14. The van der Waals surface area contributed by atoms with E-state index in [1.165, 1.54) is 7.11 Å². The average molecular weight is 286 g/mol. The predicted octanol–water partition coefficient (Wildman–Crippen LogP) is 1.31. The van der Waals surface area contributed by atoms with E-state index in [1.807, 2.05) is 0 Å². The molecule has 0 aromatic carbocycles. The second-order valence-corrected chi connectivity index (χ2v) is 5.41. The highest BCUT2D eigenvalue weighted by molar-refractivity contribution is 6.28. The van der Waals surface area contributed by atoms with Gasteiger partial charge in [0.1, 0.15) is 0 Å². The number of halogens is 1. The van der Waals surface area contributed by atoms with Crippen LogP contribution in [0.3, 0.4) is 0 Å². The zero-order chi connectivity index (χ0) is 13.8. The number of hydrogen-bond acceptors (Lipinski definition) is 6. The zero-order valence-corrected chi connectivity index (χ0v) is 12.4. The standard InChI is InChI=1S/C12H20ClN5O/c1-9(2)8-17-4-6-18(7-5-17)11-14-10(13)15-12(16-11)19-3/h9H,4-8H2,1-3H3. The van der Waals surface area contributed by atoms with Gasteiger partial charge in [-0.25, -0.2) is 0 Å². The topological polar surface area (TPSA) is 54.4 Å². The minimum Gasteiger partial charge on any atom is -0.467 e. The highest BCUT2D eigenvalue weighted by atomic mass is 35.5. The maximum Gasteiger partial charge on any atom is 0.322 e. The molecule has 1 aromatic heterocycles. The summed E-state index contributed by atoms with van der Waals surface area (Å²) < 4.78 is 5.02. The van der Waals surface area contributed by atoms with E-state index in [-0.39, 0.29) is 11.3 Å². The summed E-state index contributed by atoms with van der Waals surface area (Å²) in [6, 6.07) is 0.264. The molecule has 2 rings (SSSR count). The quantitative estimate of drug-likeness (QED) is 0.831. The third-order valence-corrected chi connectivity index (χ3v) is 3.21. The molecule has 1 aliphatic rings. The van der Waals surface area contributed by atoms with E-state index in [2.05, 4.69) is 38.6 Å². The van der Waals surface area contributed by atoms with Crippen molar-refractivity contribution in [1.29, 1.82) is 0 Å². The lowest BCUT2D eigenvalue weighted by atomic mass is 10.2. The lowest BCUT2D eigenvalue weighted by molar-refractivity contribution is 0.230. The van der Waals surface area contributed by atoms with Gasteiger partial charge < -0.3 is 9.64 Å². The summed E-state index contributed by atoms with van der Waals surface area (Å²) in [5, 5.41) is 0.173. The highest BCUT2D eigenvalue weighted by Gasteiger charge is 2.20. The van der Waals surface area contributed by atoms with Gasteiger partial charge in [0, 0.05) is 32.7 Å². The molecule has 1 aliphatic heterocycles. The van der Waals surface area contributed by atoms with Gasteiger partial charge in [0.05, 0.1) is 7.11 Å². The fourth-order valence-corrected chi connectivity index (χ4v) is 2.35. The number of nitrogens with zero attached hydrogens (tertiary/aromatic N) is 5. The molecular formula is C12H20ClN5O. The Kier molecular flexibility index (Phi) is 4.76. The van der Waals surface area contributed by atoms with Crippen LogP contribution in [0.1, 0.15) is 13.8 Å². The van der Waals surface area contributed by atoms with Crippen molar-refractivity contribution in [3.8, 4) is 6.01 Å². The number of piperazine rings is 1.